The van der Waals surface area contributed by atoms with Gasteiger partial charge in [0, 0.05) is 26.3 Å². The first-order valence-electron chi connectivity index (χ1n) is 9.70. The molecule has 0 saturated heterocycles. The number of aromatic nitrogens is 1. The number of hydrogen-bond acceptors (Lipinski definition) is 9. The van der Waals surface area contributed by atoms with E-state index in [0.717, 1.165) is 35.6 Å². The lowest BCUT2D eigenvalue weighted by atomic mass is 10.1. The van der Waals surface area contributed by atoms with E-state index in [1.807, 2.05) is 0 Å². The van der Waals surface area contributed by atoms with Gasteiger partial charge in [0.25, 0.3) is 5.91 Å². The van der Waals surface area contributed by atoms with E-state index >= 15 is 0 Å². The molecule has 2 unspecified atom stereocenters. The molecule has 0 saturated carbocycles. The van der Waals surface area contributed by atoms with E-state index < -0.39 is 47.3 Å². The molecule has 2 aromatic carbocycles. The molecule has 1 aliphatic heterocycles. The second-order valence-corrected chi connectivity index (χ2v) is 8.47. The zero-order valence-corrected chi connectivity index (χ0v) is 18.8. The fourth-order valence-corrected chi connectivity index (χ4v) is 4.77. The van der Waals surface area contributed by atoms with Crippen LogP contribution in [-0.2, 0) is 9.53 Å². The number of carbonyl (C=O) groups is 2. The summed E-state index contributed by atoms with van der Waals surface area (Å²) in [6.45, 7) is 0. The van der Waals surface area contributed by atoms with Gasteiger partial charge in [-0.3, -0.25) is 4.79 Å². The van der Waals surface area contributed by atoms with E-state index in [1.165, 1.54) is 25.1 Å². The molecule has 5 N–H and O–H groups in total. The van der Waals surface area contributed by atoms with Crippen LogP contribution in [0.5, 0.6) is 5.75 Å². The number of hydrogen-bond donors (Lipinski definition) is 4. The first-order chi connectivity index (χ1) is 16.3. The van der Waals surface area contributed by atoms with E-state index in [9.17, 15) is 32.3 Å². The Hall–Kier alpha value is -3.85. The van der Waals surface area contributed by atoms with Crippen molar-refractivity contribution in [2.24, 2.45) is 5.73 Å². The quantitative estimate of drug-likeness (QED) is 0.350. The molecule has 0 spiro atoms. The van der Waals surface area contributed by atoms with Crippen molar-refractivity contribution in [1.82, 2.24) is 4.98 Å². The minimum atomic E-state index is -4.87. The third kappa shape index (κ3) is 4.35. The molecule has 2 atom stereocenters. The fourth-order valence-electron chi connectivity index (χ4n) is 3.82. The number of fused-ring (bicyclic) bond motifs is 2. The number of primary amides is 1. The Labute approximate surface area is 198 Å². The topological polar surface area (TPSA) is 139 Å². The summed E-state index contributed by atoms with van der Waals surface area (Å²) >= 11 is 0.942. The van der Waals surface area contributed by atoms with Gasteiger partial charge in [-0.2, -0.15) is 0 Å². The molecule has 10 nitrogen and oxygen atoms in total. The molecule has 35 heavy (non-hydrogen) atoms. The lowest BCUT2D eigenvalue weighted by molar-refractivity contribution is -0.274. The van der Waals surface area contributed by atoms with Crippen molar-refractivity contribution in [3.8, 4) is 5.75 Å². The Balaban J connectivity index is 1.77. The molecule has 0 fully saturated rings. The smallest absolute Gasteiger partial charge is 0.478 e. The van der Waals surface area contributed by atoms with Crippen molar-refractivity contribution in [3.63, 3.8) is 0 Å². The van der Waals surface area contributed by atoms with Gasteiger partial charge in [-0.05, 0) is 18.2 Å². The highest BCUT2D eigenvalue weighted by Crippen LogP contribution is 2.44. The molecule has 0 aliphatic carbocycles. The van der Waals surface area contributed by atoms with E-state index in [-0.39, 0.29) is 16.5 Å². The molecular formula is C20H17F4N5O5S. The molecule has 0 radical (unpaired) electrons. The highest BCUT2D eigenvalue weighted by Gasteiger charge is 2.52. The predicted molar refractivity (Wildman–Crippen MR) is 118 cm³/mol. The van der Waals surface area contributed by atoms with Crippen LogP contribution in [0.15, 0.2) is 30.3 Å². The Bertz CT molecular complexity index is 1330. The maximum Gasteiger partial charge on any atom is 0.573 e. The van der Waals surface area contributed by atoms with Crippen molar-refractivity contribution in [2.45, 2.75) is 18.3 Å². The molecule has 0 bridgehead atoms. The summed E-state index contributed by atoms with van der Waals surface area (Å²) in [5, 5.41) is 15.3. The van der Waals surface area contributed by atoms with Gasteiger partial charge in [0.2, 0.25) is 5.79 Å². The second kappa shape index (κ2) is 8.42. The molecule has 186 valence electrons. The Morgan fingerprint density at radius 2 is 2.03 bits per heavy atom. The highest BCUT2D eigenvalue weighted by atomic mass is 32.1. The van der Waals surface area contributed by atoms with Crippen molar-refractivity contribution in [1.29, 1.82) is 0 Å². The predicted octanol–water partition coefficient (Wildman–Crippen LogP) is 3.16. The number of nitrogens with two attached hydrogens (primary N) is 1. The lowest BCUT2D eigenvalue weighted by Gasteiger charge is -2.41. The number of rotatable bonds is 7. The van der Waals surface area contributed by atoms with E-state index in [2.05, 4.69) is 20.4 Å². The lowest BCUT2D eigenvalue weighted by Crippen LogP contribution is -2.67. The number of amides is 1. The second-order valence-electron chi connectivity index (χ2n) is 7.44. The molecular weight excluding hydrogens is 498 g/mol. The van der Waals surface area contributed by atoms with Crippen LogP contribution in [0.25, 0.3) is 10.2 Å². The third-order valence-electron chi connectivity index (χ3n) is 5.30. The fraction of sp³-hybridized carbons (Fsp3) is 0.250. The molecule has 4 rings (SSSR count). The zero-order valence-electron chi connectivity index (χ0n) is 17.9. The molecule has 2 heterocycles. The van der Waals surface area contributed by atoms with Crippen molar-refractivity contribution >= 4 is 49.9 Å². The number of ether oxygens (including phenoxy) is 2. The van der Waals surface area contributed by atoms with Gasteiger partial charge in [0.15, 0.2) is 11.2 Å². The molecule has 1 aliphatic rings. The van der Waals surface area contributed by atoms with Crippen LogP contribution in [-0.4, -0.2) is 54.4 Å². The standard InChI is InChI=1S/C20H17F4N5O5S/c1-29-13-7-10(21)9(17(31)32)6-12(13)27-19(29,15(33-2)16(25)30)28-18-26-11-4-3-8(5-14(11)35-18)34-20(22,23)24/h3-7,15,27H,1-2H3,(H2,25,30)(H,26,28)(H,31,32). The summed E-state index contributed by atoms with van der Waals surface area (Å²) in [6, 6.07) is 5.60. The van der Waals surface area contributed by atoms with Gasteiger partial charge in [0.1, 0.15) is 11.6 Å². The number of anilines is 3. The van der Waals surface area contributed by atoms with Crippen molar-refractivity contribution in [3.05, 3.63) is 41.7 Å². The number of halogens is 4. The summed E-state index contributed by atoms with van der Waals surface area (Å²) in [4.78, 5) is 29.4. The number of aromatic carboxylic acids is 1. The minimum absolute atomic E-state index is 0.138. The molecule has 1 amide bonds. The van der Waals surface area contributed by atoms with Crippen LogP contribution in [0.2, 0.25) is 0 Å². The monoisotopic (exact) mass is 515 g/mol. The number of carbonyl (C=O) groups excluding carboxylic acids is 1. The highest BCUT2D eigenvalue weighted by molar-refractivity contribution is 7.22. The average Bonchev–Trinajstić information content (AvgIpc) is 3.25. The third-order valence-corrected chi connectivity index (χ3v) is 6.23. The van der Waals surface area contributed by atoms with Crippen LogP contribution in [0.3, 0.4) is 0 Å². The van der Waals surface area contributed by atoms with Crippen LogP contribution >= 0.6 is 11.3 Å². The van der Waals surface area contributed by atoms with Gasteiger partial charge in [-0.15, -0.1) is 13.2 Å². The molecule has 15 heteroatoms. The van der Waals surface area contributed by atoms with E-state index in [0.29, 0.717) is 10.2 Å². The normalized spacial score (nSPS) is 18.2. The SMILES string of the molecule is COC(C(N)=O)C1(Nc2nc3ccc(OC(F)(F)F)cc3s2)Nc2cc(C(=O)O)c(F)cc2N1C. The van der Waals surface area contributed by atoms with Gasteiger partial charge in [-0.1, -0.05) is 11.3 Å². The number of likely N-dealkylation sites (N-methyl/N-ethyl adjacent to an activating group) is 1. The number of benzene rings is 2. The van der Waals surface area contributed by atoms with E-state index in [4.69, 9.17) is 10.5 Å². The van der Waals surface area contributed by atoms with Gasteiger partial charge in [0.05, 0.1) is 27.2 Å². The maximum absolute atomic E-state index is 14.4. The Kier molecular flexibility index (Phi) is 5.84. The number of nitrogens with zero attached hydrogens (tertiary/aromatic N) is 2. The summed E-state index contributed by atoms with van der Waals surface area (Å²) in [5.74, 6) is -5.58. The van der Waals surface area contributed by atoms with Gasteiger partial charge in [-0.25, -0.2) is 14.2 Å². The Morgan fingerprint density at radius 1 is 1.31 bits per heavy atom. The van der Waals surface area contributed by atoms with Crippen molar-refractivity contribution < 1.29 is 41.7 Å². The number of carboxylic acids is 1. The maximum atomic E-state index is 14.4. The first-order valence-corrected chi connectivity index (χ1v) is 10.5. The summed E-state index contributed by atoms with van der Waals surface area (Å²) in [6.07, 6.45) is -6.30. The number of nitrogens with one attached hydrogen (secondary N) is 2. The van der Waals surface area contributed by atoms with Crippen LogP contribution < -0.4 is 26.0 Å². The molecule has 1 aromatic heterocycles. The number of thiazole rings is 1. The number of alkyl halides is 3. The van der Waals surface area contributed by atoms with Crippen molar-refractivity contribution in [2.75, 3.05) is 29.7 Å². The van der Waals surface area contributed by atoms with Crippen LogP contribution in [0.1, 0.15) is 10.4 Å². The number of methoxy groups -OCH3 is 1. The average molecular weight is 515 g/mol. The molecule has 3 aromatic rings. The van der Waals surface area contributed by atoms with Crippen LogP contribution in [0, 0.1) is 5.82 Å². The zero-order chi connectivity index (χ0) is 25.7. The minimum Gasteiger partial charge on any atom is -0.478 e. The van der Waals surface area contributed by atoms with E-state index in [1.54, 1.807) is 0 Å². The largest absolute Gasteiger partial charge is 0.573 e. The number of carboxylic acid groups (broad SMARTS) is 1. The summed E-state index contributed by atoms with van der Waals surface area (Å²) in [7, 11) is 2.68. The summed E-state index contributed by atoms with van der Waals surface area (Å²) < 4.78 is 61.7. The first kappa shape index (κ1) is 24.3. The van der Waals surface area contributed by atoms with Gasteiger partial charge < -0.3 is 35.8 Å². The Morgan fingerprint density at radius 3 is 2.63 bits per heavy atom. The van der Waals surface area contributed by atoms with Gasteiger partial charge >= 0.3 is 12.3 Å². The summed E-state index contributed by atoms with van der Waals surface area (Å²) in [5.41, 5.74) is 5.61. The van der Waals surface area contributed by atoms with Crippen LogP contribution in [0.4, 0.5) is 34.1 Å².